The minimum Gasteiger partial charge on any atom is -0.238 e. The highest BCUT2D eigenvalue weighted by molar-refractivity contribution is 6.37. The molecule has 0 spiro atoms. The Kier molecular flexibility index (Phi) is 6.77. The molecule has 0 fully saturated rings. The summed E-state index contributed by atoms with van der Waals surface area (Å²) in [6.07, 6.45) is 0. The van der Waals surface area contributed by atoms with E-state index in [9.17, 15) is 5.26 Å². The predicted molar refractivity (Wildman–Crippen MR) is 231 cm³/mol. The molecule has 0 aliphatic heterocycles. The topological polar surface area (TPSA) is 28.1 Å². The molecule has 11 rings (SSSR count). The minimum absolute atomic E-state index is 0.583. The Morgan fingerprint density at radius 1 is 0.436 bits per heavy atom. The molecule has 0 saturated heterocycles. The number of benzene rings is 10. The molecule has 1 aliphatic rings. The van der Waals surface area contributed by atoms with Gasteiger partial charge in [-0.05, 0) is 146 Å². The quantitative estimate of drug-likeness (QED) is 0.132. The highest BCUT2D eigenvalue weighted by atomic mass is 35.5. The van der Waals surface area contributed by atoms with Gasteiger partial charge < -0.3 is 0 Å². The van der Waals surface area contributed by atoms with Gasteiger partial charge in [-0.25, -0.2) is 4.85 Å². The van der Waals surface area contributed by atoms with E-state index in [1.807, 2.05) is 36.4 Å². The van der Waals surface area contributed by atoms with E-state index in [1.165, 1.54) is 32.3 Å². The van der Waals surface area contributed by atoms with E-state index in [0.717, 1.165) is 77.2 Å². The van der Waals surface area contributed by atoms with Crippen LogP contribution in [0, 0.1) is 17.9 Å². The summed E-state index contributed by atoms with van der Waals surface area (Å²) >= 11 is 7.56. The zero-order valence-corrected chi connectivity index (χ0v) is 30.1. The van der Waals surface area contributed by atoms with Crippen LogP contribution in [0.15, 0.2) is 164 Å². The largest absolute Gasteiger partial charge is 0.238 e. The fourth-order valence-corrected chi connectivity index (χ4v) is 9.44. The van der Waals surface area contributed by atoms with Gasteiger partial charge in [-0.15, -0.1) is 0 Å². The molecule has 2 nitrogen and oxygen atoms in total. The summed E-state index contributed by atoms with van der Waals surface area (Å²) in [5, 5.41) is 22.2. The highest BCUT2D eigenvalue weighted by Crippen LogP contribution is 2.59. The van der Waals surface area contributed by atoms with Gasteiger partial charge in [0.1, 0.15) is 0 Å². The number of nitrogens with zero attached hydrogens (tertiary/aromatic N) is 2. The van der Waals surface area contributed by atoms with Crippen LogP contribution in [-0.2, 0) is 0 Å². The van der Waals surface area contributed by atoms with Crippen molar-refractivity contribution < 1.29 is 0 Å². The Morgan fingerprint density at radius 3 is 1.76 bits per heavy atom. The van der Waals surface area contributed by atoms with Gasteiger partial charge in [-0.2, -0.15) is 5.26 Å². The monoisotopic (exact) mass is 714 g/mol. The van der Waals surface area contributed by atoms with Gasteiger partial charge >= 0.3 is 0 Å². The molecule has 0 radical (unpaired) electrons. The second kappa shape index (κ2) is 11.9. The lowest BCUT2D eigenvalue weighted by Crippen LogP contribution is -1.95. The van der Waals surface area contributed by atoms with Crippen molar-refractivity contribution in [2.75, 3.05) is 0 Å². The Hall–Kier alpha value is -7.23. The molecule has 0 amide bonds. The maximum atomic E-state index is 10.1. The van der Waals surface area contributed by atoms with Gasteiger partial charge in [0, 0.05) is 10.6 Å². The molecule has 10 aromatic rings. The first kappa shape index (κ1) is 31.3. The van der Waals surface area contributed by atoms with Crippen LogP contribution in [0.3, 0.4) is 0 Å². The summed E-state index contributed by atoms with van der Waals surface area (Å²) in [5.74, 6) is 0. The molecule has 0 atom stereocenters. The number of halogens is 1. The molecule has 0 unspecified atom stereocenters. The number of hydrogen-bond acceptors (Lipinski definition) is 1. The van der Waals surface area contributed by atoms with Crippen LogP contribution in [0.25, 0.3) is 114 Å². The molecular formula is C52H27ClN2. The maximum absolute atomic E-state index is 10.1. The van der Waals surface area contributed by atoms with Gasteiger partial charge in [0.25, 0.3) is 0 Å². The molecular weight excluding hydrogens is 688 g/mol. The summed E-state index contributed by atoms with van der Waals surface area (Å²) in [5.41, 5.74) is 11.8. The van der Waals surface area contributed by atoms with Crippen molar-refractivity contribution in [3.8, 4) is 61.7 Å². The van der Waals surface area contributed by atoms with Crippen molar-refractivity contribution in [1.29, 1.82) is 5.26 Å². The van der Waals surface area contributed by atoms with E-state index in [0.29, 0.717) is 16.3 Å². The highest BCUT2D eigenvalue weighted by Gasteiger charge is 2.32. The van der Waals surface area contributed by atoms with E-state index in [1.54, 1.807) is 0 Å². The molecule has 0 N–H and O–H groups in total. The second-order valence-corrected chi connectivity index (χ2v) is 14.7. The summed E-state index contributed by atoms with van der Waals surface area (Å²) in [6, 6.07) is 59.6. The third-order valence-corrected chi connectivity index (χ3v) is 11.7. The van der Waals surface area contributed by atoms with Crippen LogP contribution < -0.4 is 0 Å². The van der Waals surface area contributed by atoms with Crippen molar-refractivity contribution in [2.45, 2.75) is 0 Å². The van der Waals surface area contributed by atoms with Crippen LogP contribution >= 0.6 is 11.6 Å². The predicted octanol–water partition coefficient (Wildman–Crippen LogP) is 15.2. The smallest absolute Gasteiger partial charge is 0.187 e. The molecule has 55 heavy (non-hydrogen) atoms. The fourth-order valence-electron chi connectivity index (χ4n) is 9.17. The first-order valence-electron chi connectivity index (χ1n) is 18.3. The Morgan fingerprint density at radius 2 is 1.02 bits per heavy atom. The first-order valence-corrected chi connectivity index (χ1v) is 18.7. The van der Waals surface area contributed by atoms with Crippen molar-refractivity contribution >= 4 is 71.2 Å². The van der Waals surface area contributed by atoms with Crippen molar-refractivity contribution in [1.82, 2.24) is 0 Å². The fraction of sp³-hybridized carbons (Fsp3) is 0. The van der Waals surface area contributed by atoms with Gasteiger partial charge in [-0.3, -0.25) is 0 Å². The van der Waals surface area contributed by atoms with E-state index in [2.05, 4.69) is 138 Å². The van der Waals surface area contributed by atoms with Crippen molar-refractivity contribution in [3.63, 3.8) is 0 Å². The van der Waals surface area contributed by atoms with Crippen molar-refractivity contribution in [2.24, 2.45) is 0 Å². The third-order valence-electron chi connectivity index (χ3n) is 11.4. The Labute approximate surface area is 322 Å². The van der Waals surface area contributed by atoms with E-state index in [-0.39, 0.29) is 0 Å². The Bertz CT molecular complexity index is 3420. The number of rotatable bonds is 3. The first-order chi connectivity index (χ1) is 27.1. The van der Waals surface area contributed by atoms with Gasteiger partial charge in [-0.1, -0.05) is 133 Å². The zero-order chi connectivity index (χ0) is 36.8. The number of fused-ring (bicyclic) bond motifs is 9. The van der Waals surface area contributed by atoms with E-state index >= 15 is 0 Å². The lowest BCUT2D eigenvalue weighted by atomic mass is 9.81. The summed E-state index contributed by atoms with van der Waals surface area (Å²) in [6.45, 7) is 7.98. The lowest BCUT2D eigenvalue weighted by molar-refractivity contribution is 1.48. The summed E-state index contributed by atoms with van der Waals surface area (Å²) < 4.78 is 0. The minimum atomic E-state index is 0.583. The molecule has 252 valence electrons. The molecule has 3 heteroatoms. The second-order valence-electron chi connectivity index (χ2n) is 14.3. The molecule has 1 aliphatic carbocycles. The standard InChI is InChI=1S/C52H27ClN2/c1-55-35-16-9-15-34(24-35)49-44-27-43(42-25-31-12-2-4-17-36(31)38-19-6-7-20-39(38)42)47(53)28-45(44)48(33-14-8-11-30(23-33)29-54)52-46-26-32-13-3-5-18-37(32)40-21-10-22-41(50(40)46)51(49)52/h2-28H. The number of hydrogen-bond donors (Lipinski definition) is 0. The van der Waals surface area contributed by atoms with Crippen molar-refractivity contribution in [3.05, 3.63) is 186 Å². The SMILES string of the molecule is [C-]#[N+]c1cccc(-c2c3c(c(-c4cccc(C#N)c4)c4cc(Cl)c(-c5cc6ccccc6c6ccccc56)cc24)-c2cc4ccccc4c4cccc-3c24)c1. The molecule has 0 bridgehead atoms. The van der Waals surface area contributed by atoms with Gasteiger partial charge in [0.2, 0.25) is 0 Å². The van der Waals surface area contributed by atoms with E-state index < -0.39 is 0 Å². The molecule has 0 saturated carbocycles. The summed E-state index contributed by atoms with van der Waals surface area (Å²) in [4.78, 5) is 3.87. The normalized spacial score (nSPS) is 11.7. The number of nitriles is 1. The lowest BCUT2D eigenvalue weighted by Gasteiger charge is -2.22. The van der Waals surface area contributed by atoms with Crippen LogP contribution in [0.2, 0.25) is 5.02 Å². The third kappa shape index (κ3) is 4.54. The van der Waals surface area contributed by atoms with E-state index in [4.69, 9.17) is 18.2 Å². The average Bonchev–Trinajstić information content (AvgIpc) is 3.56. The van der Waals surface area contributed by atoms with Crippen LogP contribution in [0.4, 0.5) is 5.69 Å². The maximum Gasteiger partial charge on any atom is 0.187 e. The zero-order valence-electron chi connectivity index (χ0n) is 29.4. The molecule has 0 heterocycles. The van der Waals surface area contributed by atoms with Crippen LogP contribution in [-0.4, -0.2) is 0 Å². The van der Waals surface area contributed by atoms with Crippen LogP contribution in [0.1, 0.15) is 5.56 Å². The van der Waals surface area contributed by atoms with Crippen LogP contribution in [0.5, 0.6) is 0 Å². The van der Waals surface area contributed by atoms with Gasteiger partial charge in [0.15, 0.2) is 5.69 Å². The summed E-state index contributed by atoms with van der Waals surface area (Å²) in [7, 11) is 0. The average molecular weight is 715 g/mol. The Balaban J connectivity index is 1.37. The molecule has 10 aromatic carbocycles. The molecule has 0 aromatic heterocycles. The van der Waals surface area contributed by atoms with Gasteiger partial charge in [0.05, 0.1) is 18.2 Å².